The molecule has 0 radical (unpaired) electrons. The van der Waals surface area contributed by atoms with Crippen LogP contribution in [0, 0.1) is 0 Å². The summed E-state index contributed by atoms with van der Waals surface area (Å²) in [5.41, 5.74) is 0.493. The fourth-order valence-corrected chi connectivity index (χ4v) is 2.68. The maximum absolute atomic E-state index is 2.57. The third kappa shape index (κ3) is 3.61. The van der Waals surface area contributed by atoms with Crippen LogP contribution < -0.4 is 0 Å². The average Bonchev–Trinajstić information content (AvgIpc) is 2.17. The molecule has 0 spiro atoms. The van der Waals surface area contributed by atoms with Crippen molar-refractivity contribution in [2.45, 2.75) is 71.8 Å². The molecule has 1 heteroatoms. The summed E-state index contributed by atoms with van der Waals surface area (Å²) in [6.07, 6.45) is 8.01. The Bertz CT molecular complexity index is 114. The van der Waals surface area contributed by atoms with E-state index in [4.69, 9.17) is 0 Å². The first-order valence-corrected chi connectivity index (χ1v) is 6.38. The molecule has 0 saturated carbocycles. The minimum atomic E-state index is 0.493. The molecule has 0 heterocycles. The molecule has 0 aliphatic rings. The Kier molecular flexibility index (Phi) is 7.26. The van der Waals surface area contributed by atoms with E-state index in [2.05, 4.69) is 39.6 Å². The Morgan fingerprint density at radius 3 is 1.36 bits per heavy atom. The third-order valence-corrected chi connectivity index (χ3v) is 3.43. The number of nitrogens with zero attached hydrogens (tertiary/aromatic N) is 1. The first-order valence-electron chi connectivity index (χ1n) is 6.38. The smallest absolute Gasteiger partial charge is 0.0206 e. The second kappa shape index (κ2) is 7.28. The first-order chi connectivity index (χ1) is 6.66. The predicted octanol–water partition coefficient (Wildman–Crippen LogP) is 4.08. The second-order valence-electron chi connectivity index (χ2n) is 4.49. The molecular formula is C13H29N. The lowest BCUT2D eigenvalue weighted by atomic mass is 9.83. The average molecular weight is 199 g/mol. The lowest BCUT2D eigenvalue weighted by molar-refractivity contribution is 0.0902. The molecule has 0 aliphatic heterocycles. The Morgan fingerprint density at radius 2 is 1.14 bits per heavy atom. The molecule has 0 fully saturated rings. The summed E-state index contributed by atoms with van der Waals surface area (Å²) in [5.74, 6) is 0. The molecule has 0 atom stereocenters. The molecule has 0 aromatic heterocycles. The summed E-state index contributed by atoms with van der Waals surface area (Å²) in [4.78, 5) is 2.57. The van der Waals surface area contributed by atoms with Gasteiger partial charge in [-0.05, 0) is 32.9 Å². The highest BCUT2D eigenvalue weighted by molar-refractivity contribution is 4.87. The zero-order chi connectivity index (χ0) is 11.0. The van der Waals surface area contributed by atoms with Crippen LogP contribution >= 0.6 is 0 Å². The maximum atomic E-state index is 2.57. The second-order valence-corrected chi connectivity index (χ2v) is 4.49. The number of rotatable bonds is 8. The molecule has 0 aliphatic carbocycles. The van der Waals surface area contributed by atoms with Gasteiger partial charge in [0.15, 0.2) is 0 Å². The molecule has 86 valence electrons. The van der Waals surface area contributed by atoms with Gasteiger partial charge >= 0.3 is 0 Å². The summed E-state index contributed by atoms with van der Waals surface area (Å²) < 4.78 is 0. The Hall–Kier alpha value is -0.0400. The van der Waals surface area contributed by atoms with E-state index in [-0.39, 0.29) is 0 Å². The van der Waals surface area contributed by atoms with Crippen molar-refractivity contribution < 1.29 is 0 Å². The Labute approximate surface area is 90.9 Å². The first kappa shape index (κ1) is 14.0. The van der Waals surface area contributed by atoms with Crippen LogP contribution in [0.3, 0.4) is 0 Å². The van der Waals surface area contributed by atoms with Crippen molar-refractivity contribution in [2.75, 3.05) is 13.6 Å². The van der Waals surface area contributed by atoms with E-state index in [0.717, 1.165) is 0 Å². The number of hydrogen-bond donors (Lipinski definition) is 0. The highest BCUT2D eigenvalue weighted by Gasteiger charge is 2.30. The molecule has 0 aromatic carbocycles. The summed E-state index contributed by atoms with van der Waals surface area (Å²) in [7, 11) is 2.29. The van der Waals surface area contributed by atoms with Crippen LogP contribution in [0.4, 0.5) is 0 Å². The van der Waals surface area contributed by atoms with Gasteiger partial charge < -0.3 is 4.90 Å². The van der Waals surface area contributed by atoms with E-state index >= 15 is 0 Å². The molecule has 0 unspecified atom stereocenters. The van der Waals surface area contributed by atoms with Gasteiger partial charge in [-0.1, -0.05) is 47.0 Å². The van der Waals surface area contributed by atoms with Crippen LogP contribution in [-0.2, 0) is 0 Å². The molecule has 0 bridgehead atoms. The van der Waals surface area contributed by atoms with E-state index in [9.17, 15) is 0 Å². The van der Waals surface area contributed by atoms with Crippen LogP contribution in [0.1, 0.15) is 66.2 Å². The Balaban J connectivity index is 4.53. The van der Waals surface area contributed by atoms with Crippen LogP contribution in [0.25, 0.3) is 0 Å². The van der Waals surface area contributed by atoms with Crippen molar-refractivity contribution in [3.05, 3.63) is 0 Å². The highest BCUT2D eigenvalue weighted by atomic mass is 15.2. The van der Waals surface area contributed by atoms with Gasteiger partial charge in [-0.15, -0.1) is 0 Å². The summed E-state index contributed by atoms with van der Waals surface area (Å²) in [6.45, 7) is 10.4. The van der Waals surface area contributed by atoms with E-state index in [1.807, 2.05) is 0 Å². The van der Waals surface area contributed by atoms with Crippen molar-refractivity contribution in [2.24, 2.45) is 0 Å². The normalized spacial score (nSPS) is 12.4. The summed E-state index contributed by atoms with van der Waals surface area (Å²) in [5, 5.41) is 0. The highest BCUT2D eigenvalue weighted by Crippen LogP contribution is 2.30. The molecule has 0 N–H and O–H groups in total. The van der Waals surface area contributed by atoms with Crippen molar-refractivity contribution in [3.8, 4) is 0 Å². The predicted molar refractivity (Wildman–Crippen MR) is 65.8 cm³/mol. The maximum Gasteiger partial charge on any atom is 0.0206 e. The van der Waals surface area contributed by atoms with Gasteiger partial charge in [0.2, 0.25) is 0 Å². The fourth-order valence-electron chi connectivity index (χ4n) is 2.68. The molecule has 1 nitrogen and oxygen atoms in total. The van der Waals surface area contributed by atoms with Gasteiger partial charge in [-0.25, -0.2) is 0 Å². The molecular weight excluding hydrogens is 170 g/mol. The van der Waals surface area contributed by atoms with Crippen molar-refractivity contribution in [1.29, 1.82) is 0 Å². The van der Waals surface area contributed by atoms with E-state index in [0.29, 0.717) is 5.54 Å². The SMILES string of the molecule is CCCC(CCC)(CCC)N(C)CC. The molecule has 0 rings (SSSR count). The Morgan fingerprint density at radius 1 is 0.786 bits per heavy atom. The monoisotopic (exact) mass is 199 g/mol. The van der Waals surface area contributed by atoms with Gasteiger partial charge in [-0.3, -0.25) is 0 Å². The number of hydrogen-bond acceptors (Lipinski definition) is 1. The molecule has 14 heavy (non-hydrogen) atoms. The largest absolute Gasteiger partial charge is 0.301 e. The van der Waals surface area contributed by atoms with Crippen LogP contribution in [0.15, 0.2) is 0 Å². The third-order valence-electron chi connectivity index (χ3n) is 3.43. The van der Waals surface area contributed by atoms with Gasteiger partial charge in [-0.2, -0.15) is 0 Å². The zero-order valence-corrected chi connectivity index (χ0v) is 10.9. The summed E-state index contributed by atoms with van der Waals surface area (Å²) in [6, 6.07) is 0. The van der Waals surface area contributed by atoms with E-state index in [1.54, 1.807) is 0 Å². The molecule has 0 amide bonds. The minimum absolute atomic E-state index is 0.493. The topological polar surface area (TPSA) is 3.24 Å². The van der Waals surface area contributed by atoms with Crippen molar-refractivity contribution in [3.63, 3.8) is 0 Å². The van der Waals surface area contributed by atoms with Crippen LogP contribution in [0.2, 0.25) is 0 Å². The fraction of sp³-hybridized carbons (Fsp3) is 1.00. The zero-order valence-electron chi connectivity index (χ0n) is 10.9. The standard InChI is InChI=1S/C13H29N/c1-6-10-13(11-7-2,12-8-3)14(5)9-4/h6-12H2,1-5H3. The van der Waals surface area contributed by atoms with E-state index < -0.39 is 0 Å². The van der Waals surface area contributed by atoms with E-state index in [1.165, 1.54) is 45.1 Å². The van der Waals surface area contributed by atoms with Gasteiger partial charge in [0.05, 0.1) is 0 Å². The van der Waals surface area contributed by atoms with Crippen LogP contribution in [0.5, 0.6) is 0 Å². The molecule has 0 saturated heterocycles. The minimum Gasteiger partial charge on any atom is -0.301 e. The quantitative estimate of drug-likeness (QED) is 0.569. The van der Waals surface area contributed by atoms with Crippen molar-refractivity contribution >= 4 is 0 Å². The van der Waals surface area contributed by atoms with Crippen molar-refractivity contribution in [1.82, 2.24) is 4.90 Å². The van der Waals surface area contributed by atoms with Gasteiger partial charge in [0, 0.05) is 5.54 Å². The summed E-state index contributed by atoms with van der Waals surface area (Å²) >= 11 is 0. The lowest BCUT2D eigenvalue weighted by Gasteiger charge is -2.42. The van der Waals surface area contributed by atoms with Gasteiger partial charge in [0.1, 0.15) is 0 Å². The van der Waals surface area contributed by atoms with Gasteiger partial charge in [0.25, 0.3) is 0 Å². The molecule has 0 aromatic rings. The van der Waals surface area contributed by atoms with Crippen LogP contribution in [-0.4, -0.2) is 24.0 Å². The lowest BCUT2D eigenvalue weighted by Crippen LogP contribution is -2.46.